The lowest BCUT2D eigenvalue weighted by Crippen LogP contribution is -2.46. The molecule has 3 N–H and O–H groups in total. The van der Waals surface area contributed by atoms with Gasteiger partial charge in [0.25, 0.3) is 0 Å². The van der Waals surface area contributed by atoms with Gasteiger partial charge in [-0.15, -0.1) is 0 Å². The van der Waals surface area contributed by atoms with Crippen LogP contribution in [0.15, 0.2) is 30.3 Å². The van der Waals surface area contributed by atoms with Gasteiger partial charge in [0.15, 0.2) is 5.13 Å². The fraction of sp³-hybridized carbons (Fsp3) is 0.458. The fourth-order valence-corrected chi connectivity index (χ4v) is 3.73. The molecule has 1 aromatic heterocycles. The number of anilines is 1. The summed E-state index contributed by atoms with van der Waals surface area (Å²) in [7, 11) is 0. The van der Waals surface area contributed by atoms with E-state index in [-0.39, 0.29) is 36.2 Å². The van der Waals surface area contributed by atoms with Crippen LogP contribution in [0.25, 0.3) is 0 Å². The summed E-state index contributed by atoms with van der Waals surface area (Å²) in [5.41, 5.74) is 0.517. The molecule has 2 rings (SSSR count). The molecule has 0 spiro atoms. The van der Waals surface area contributed by atoms with Crippen molar-refractivity contribution in [2.45, 2.75) is 59.3 Å². The van der Waals surface area contributed by atoms with Crippen LogP contribution >= 0.6 is 11.3 Å². The van der Waals surface area contributed by atoms with E-state index in [1.165, 1.54) is 0 Å². The van der Waals surface area contributed by atoms with E-state index in [0.717, 1.165) is 16.9 Å². The number of nitrogens with one attached hydrogen (secondary N) is 3. The highest BCUT2D eigenvalue weighted by atomic mass is 32.1. The highest BCUT2D eigenvalue weighted by Gasteiger charge is 2.23. The summed E-state index contributed by atoms with van der Waals surface area (Å²) in [6, 6.07) is 8.29. The molecule has 0 bridgehead atoms. The largest absolute Gasteiger partial charge is 0.462 e. The van der Waals surface area contributed by atoms with E-state index in [9.17, 15) is 19.2 Å². The maximum Gasteiger partial charge on any atom is 0.407 e. The molecule has 0 fully saturated rings. The third-order valence-electron chi connectivity index (χ3n) is 4.36. The van der Waals surface area contributed by atoms with Gasteiger partial charge in [-0.2, -0.15) is 0 Å². The van der Waals surface area contributed by atoms with Crippen LogP contribution in [0.3, 0.4) is 0 Å². The highest BCUT2D eigenvalue weighted by Crippen LogP contribution is 2.23. The molecule has 1 heterocycles. The third kappa shape index (κ3) is 10.3. The average Bonchev–Trinajstić information content (AvgIpc) is 3.15. The van der Waals surface area contributed by atoms with Crippen molar-refractivity contribution in [1.29, 1.82) is 0 Å². The lowest BCUT2D eigenvalue weighted by molar-refractivity contribution is -0.116. The summed E-state index contributed by atoms with van der Waals surface area (Å²) < 4.78 is 15.4. The summed E-state index contributed by atoms with van der Waals surface area (Å²) in [5, 5.41) is 7.96. The Labute approximate surface area is 213 Å². The smallest absolute Gasteiger partial charge is 0.407 e. The number of thiazole rings is 1. The summed E-state index contributed by atoms with van der Waals surface area (Å²) in [6.07, 6.45) is -1.65. The van der Waals surface area contributed by atoms with Crippen LogP contribution < -0.4 is 16.0 Å². The number of aromatic nitrogens is 1. The number of aryl methyl sites for hydroxylation is 1. The van der Waals surface area contributed by atoms with Crippen LogP contribution in [-0.2, 0) is 25.6 Å². The van der Waals surface area contributed by atoms with Gasteiger partial charge in [-0.25, -0.2) is 19.4 Å². The normalized spacial score (nSPS) is 11.7. The number of hydrogen-bond acceptors (Lipinski definition) is 9. The number of ether oxygens (including phenoxy) is 3. The Balaban J connectivity index is 2.00. The highest BCUT2D eigenvalue weighted by molar-refractivity contribution is 7.17. The predicted molar refractivity (Wildman–Crippen MR) is 134 cm³/mol. The van der Waals surface area contributed by atoms with Crippen molar-refractivity contribution in [3.05, 3.63) is 46.5 Å². The number of benzene rings is 1. The van der Waals surface area contributed by atoms with Gasteiger partial charge < -0.3 is 30.2 Å². The van der Waals surface area contributed by atoms with E-state index in [4.69, 9.17) is 14.2 Å². The second-order valence-electron chi connectivity index (χ2n) is 8.69. The minimum Gasteiger partial charge on any atom is -0.462 e. The maximum absolute atomic E-state index is 12.7. The number of nitrogens with zero attached hydrogens (tertiary/aromatic N) is 1. The van der Waals surface area contributed by atoms with Gasteiger partial charge in [0.2, 0.25) is 5.91 Å². The molecule has 0 aliphatic carbocycles. The molecule has 0 aliphatic rings. The number of amides is 3. The summed E-state index contributed by atoms with van der Waals surface area (Å²) in [5.74, 6) is -1.01. The number of alkyl carbamates (subject to hydrolysis) is 2. The Bertz CT molecular complexity index is 1050. The first-order valence-electron chi connectivity index (χ1n) is 11.3. The zero-order valence-electron chi connectivity index (χ0n) is 21.0. The molecular weight excluding hydrogens is 488 g/mol. The van der Waals surface area contributed by atoms with Crippen molar-refractivity contribution >= 4 is 40.5 Å². The molecule has 0 radical (unpaired) electrons. The molecule has 196 valence electrons. The van der Waals surface area contributed by atoms with Gasteiger partial charge in [-0.3, -0.25) is 4.79 Å². The first-order chi connectivity index (χ1) is 17.0. The second kappa shape index (κ2) is 13.4. The Morgan fingerprint density at radius 2 is 1.75 bits per heavy atom. The lowest BCUT2D eigenvalue weighted by Gasteiger charge is -2.22. The molecule has 0 aliphatic heterocycles. The summed E-state index contributed by atoms with van der Waals surface area (Å²) in [6.45, 7) is 8.66. The summed E-state index contributed by atoms with van der Waals surface area (Å²) >= 11 is 0.988. The Morgan fingerprint density at radius 3 is 2.39 bits per heavy atom. The molecule has 3 amide bonds. The molecule has 0 saturated heterocycles. The maximum atomic E-state index is 12.7. The molecule has 0 unspecified atom stereocenters. The Hall–Kier alpha value is -3.67. The zero-order valence-corrected chi connectivity index (χ0v) is 21.8. The van der Waals surface area contributed by atoms with Crippen molar-refractivity contribution < 1.29 is 33.4 Å². The number of carbonyl (C=O) groups excluding carboxylic acids is 4. The number of esters is 1. The van der Waals surface area contributed by atoms with Crippen LogP contribution in [0.5, 0.6) is 0 Å². The second-order valence-corrected chi connectivity index (χ2v) is 9.69. The van der Waals surface area contributed by atoms with Crippen LogP contribution in [-0.4, -0.2) is 53.8 Å². The molecule has 1 aromatic carbocycles. The van der Waals surface area contributed by atoms with E-state index in [2.05, 4.69) is 20.9 Å². The monoisotopic (exact) mass is 520 g/mol. The number of carbonyl (C=O) groups is 4. The molecule has 1 atom stereocenters. The van der Waals surface area contributed by atoms with Gasteiger partial charge in [0, 0.05) is 13.0 Å². The third-order valence-corrected chi connectivity index (χ3v) is 5.41. The van der Waals surface area contributed by atoms with Crippen molar-refractivity contribution in [2.24, 2.45) is 0 Å². The minimum absolute atomic E-state index is 0.0418. The minimum atomic E-state index is -0.814. The van der Waals surface area contributed by atoms with Crippen molar-refractivity contribution in [1.82, 2.24) is 15.6 Å². The zero-order chi connectivity index (χ0) is 26.7. The standard InChI is InChI=1S/C24H32N4O7S/c1-6-33-20(30)19-15(2)26-21(36-19)28-18(29)12-17(13-25-22(31)35-24(3,4)5)27-23(32)34-14-16-10-8-7-9-11-16/h7-11,17H,6,12-14H2,1-5H3,(H,25,31)(H,27,32)(H,26,28,29)/t17-/m1/s1. The van der Waals surface area contributed by atoms with E-state index >= 15 is 0 Å². The van der Waals surface area contributed by atoms with Crippen LogP contribution in [0.1, 0.15) is 55.0 Å². The van der Waals surface area contributed by atoms with E-state index < -0.39 is 35.7 Å². The Morgan fingerprint density at radius 1 is 1.06 bits per heavy atom. The molecule has 0 saturated carbocycles. The van der Waals surface area contributed by atoms with Gasteiger partial charge in [-0.1, -0.05) is 41.7 Å². The SMILES string of the molecule is CCOC(=O)c1sc(NC(=O)C[C@H](CNC(=O)OC(C)(C)C)NC(=O)OCc2ccccc2)nc1C. The topological polar surface area (TPSA) is 145 Å². The summed E-state index contributed by atoms with van der Waals surface area (Å²) in [4.78, 5) is 53.6. The van der Waals surface area contributed by atoms with Gasteiger partial charge in [-0.05, 0) is 40.2 Å². The van der Waals surface area contributed by atoms with E-state index in [0.29, 0.717) is 5.69 Å². The quantitative estimate of drug-likeness (QED) is 0.317. The predicted octanol–water partition coefficient (Wildman–Crippen LogP) is 3.78. The average molecular weight is 521 g/mol. The lowest BCUT2D eigenvalue weighted by atomic mass is 10.2. The van der Waals surface area contributed by atoms with Crippen LogP contribution in [0, 0.1) is 6.92 Å². The first-order valence-corrected chi connectivity index (χ1v) is 12.2. The first kappa shape index (κ1) is 28.6. The van der Waals surface area contributed by atoms with Crippen molar-refractivity contribution in [3.8, 4) is 0 Å². The number of rotatable bonds is 10. The molecule has 12 heteroatoms. The van der Waals surface area contributed by atoms with Crippen molar-refractivity contribution in [2.75, 3.05) is 18.5 Å². The van der Waals surface area contributed by atoms with Crippen molar-refractivity contribution in [3.63, 3.8) is 0 Å². The van der Waals surface area contributed by atoms with Gasteiger partial charge in [0.1, 0.15) is 17.1 Å². The van der Waals surface area contributed by atoms with Gasteiger partial charge in [0.05, 0.1) is 18.3 Å². The Kier molecular flexibility index (Phi) is 10.7. The fourth-order valence-electron chi connectivity index (χ4n) is 2.86. The van der Waals surface area contributed by atoms with Crippen LogP contribution in [0.4, 0.5) is 14.7 Å². The number of hydrogen-bond donors (Lipinski definition) is 3. The van der Waals surface area contributed by atoms with E-state index in [1.807, 2.05) is 30.3 Å². The molecule has 2 aromatic rings. The van der Waals surface area contributed by atoms with Crippen LogP contribution in [0.2, 0.25) is 0 Å². The molecular formula is C24H32N4O7S. The van der Waals surface area contributed by atoms with Gasteiger partial charge >= 0.3 is 18.2 Å². The molecule has 36 heavy (non-hydrogen) atoms. The molecule has 11 nitrogen and oxygen atoms in total. The van der Waals surface area contributed by atoms with E-state index in [1.54, 1.807) is 34.6 Å².